The minimum atomic E-state index is 0.0542. The highest BCUT2D eigenvalue weighted by atomic mass is 16.5. The maximum absolute atomic E-state index is 12.2. The van der Waals surface area contributed by atoms with Crippen LogP contribution in [0, 0.1) is 6.92 Å². The molecule has 0 aliphatic carbocycles. The van der Waals surface area contributed by atoms with E-state index < -0.39 is 0 Å². The van der Waals surface area contributed by atoms with Gasteiger partial charge in [-0.1, -0.05) is 12.1 Å². The molecule has 2 aromatic rings. The highest BCUT2D eigenvalue weighted by Gasteiger charge is 2.21. The Bertz CT molecular complexity index is 678. The molecule has 0 fully saturated rings. The molecular weight excluding hydrogens is 278 g/mol. The third kappa shape index (κ3) is 3.30. The van der Waals surface area contributed by atoms with E-state index in [0.717, 1.165) is 42.2 Å². The third-order valence-corrected chi connectivity index (χ3v) is 3.98. The topological polar surface area (TPSA) is 56.1 Å². The van der Waals surface area contributed by atoms with Crippen LogP contribution in [-0.4, -0.2) is 28.6 Å². The second-order valence-electron chi connectivity index (χ2n) is 5.78. The molecule has 22 heavy (non-hydrogen) atoms. The van der Waals surface area contributed by atoms with Gasteiger partial charge in [-0.3, -0.25) is 4.79 Å². The van der Waals surface area contributed by atoms with Gasteiger partial charge in [0.25, 0.3) is 0 Å². The zero-order valence-corrected chi connectivity index (χ0v) is 13.0. The number of methoxy groups -OCH3 is 1. The SMILES string of the molecule is COc1cccc(CC(=O)NC2CCc3nc(C)cn3C2)c1. The molecule has 0 saturated carbocycles. The van der Waals surface area contributed by atoms with Crippen molar-refractivity contribution < 1.29 is 9.53 Å². The fourth-order valence-electron chi connectivity index (χ4n) is 2.95. The molecule has 1 amide bonds. The summed E-state index contributed by atoms with van der Waals surface area (Å²) in [6.45, 7) is 2.81. The Labute approximate surface area is 130 Å². The van der Waals surface area contributed by atoms with Crippen LogP contribution in [0.4, 0.5) is 0 Å². The summed E-state index contributed by atoms with van der Waals surface area (Å²) in [6, 6.07) is 7.81. The van der Waals surface area contributed by atoms with Crippen molar-refractivity contribution in [3.8, 4) is 5.75 Å². The number of carbonyl (C=O) groups is 1. The van der Waals surface area contributed by atoms with Crippen molar-refractivity contribution in [2.24, 2.45) is 0 Å². The van der Waals surface area contributed by atoms with E-state index in [-0.39, 0.29) is 11.9 Å². The van der Waals surface area contributed by atoms with Crippen molar-refractivity contribution in [1.29, 1.82) is 0 Å². The molecule has 116 valence electrons. The van der Waals surface area contributed by atoms with Crippen LogP contribution in [0.2, 0.25) is 0 Å². The lowest BCUT2D eigenvalue weighted by Gasteiger charge is -2.24. The Kier molecular flexibility index (Phi) is 4.13. The lowest BCUT2D eigenvalue weighted by molar-refractivity contribution is -0.121. The molecule has 0 bridgehead atoms. The molecule has 5 heteroatoms. The predicted molar refractivity (Wildman–Crippen MR) is 83.9 cm³/mol. The van der Waals surface area contributed by atoms with E-state index in [1.807, 2.05) is 31.2 Å². The molecular formula is C17H21N3O2. The van der Waals surface area contributed by atoms with E-state index in [9.17, 15) is 4.79 Å². The number of carbonyl (C=O) groups excluding carboxylic acids is 1. The smallest absolute Gasteiger partial charge is 0.224 e. The number of aryl methyl sites for hydroxylation is 2. The standard InChI is InChI=1S/C17H21N3O2/c1-12-10-20-11-14(6-7-16(20)18-12)19-17(21)9-13-4-3-5-15(8-13)22-2/h3-5,8,10,14H,6-7,9,11H2,1-2H3,(H,19,21). The van der Waals surface area contributed by atoms with Gasteiger partial charge in [-0.15, -0.1) is 0 Å². The van der Waals surface area contributed by atoms with Crippen LogP contribution in [0.15, 0.2) is 30.5 Å². The van der Waals surface area contributed by atoms with E-state index in [4.69, 9.17) is 4.74 Å². The summed E-state index contributed by atoms with van der Waals surface area (Å²) in [5.74, 6) is 1.95. The van der Waals surface area contributed by atoms with E-state index in [1.165, 1.54) is 0 Å². The molecule has 1 atom stereocenters. The number of nitrogens with one attached hydrogen (secondary N) is 1. The lowest BCUT2D eigenvalue weighted by atomic mass is 10.1. The Hall–Kier alpha value is -2.30. The Morgan fingerprint density at radius 3 is 3.18 bits per heavy atom. The summed E-state index contributed by atoms with van der Waals surface area (Å²) < 4.78 is 7.33. The maximum Gasteiger partial charge on any atom is 0.224 e. The zero-order valence-electron chi connectivity index (χ0n) is 13.0. The number of fused-ring (bicyclic) bond motifs is 1. The number of nitrogens with zero attached hydrogens (tertiary/aromatic N) is 2. The molecule has 2 heterocycles. The number of imidazole rings is 1. The summed E-state index contributed by atoms with van der Waals surface area (Å²) in [5.41, 5.74) is 2.00. The molecule has 1 aliphatic heterocycles. The molecule has 1 N–H and O–H groups in total. The Morgan fingerprint density at radius 1 is 1.50 bits per heavy atom. The van der Waals surface area contributed by atoms with Crippen LogP contribution >= 0.6 is 0 Å². The van der Waals surface area contributed by atoms with Gasteiger partial charge in [-0.2, -0.15) is 0 Å². The number of benzene rings is 1. The first-order valence-corrected chi connectivity index (χ1v) is 7.59. The van der Waals surface area contributed by atoms with E-state index in [0.29, 0.717) is 6.42 Å². The molecule has 1 aromatic carbocycles. The number of aromatic nitrogens is 2. The van der Waals surface area contributed by atoms with E-state index in [2.05, 4.69) is 21.1 Å². The van der Waals surface area contributed by atoms with Crippen LogP contribution in [0.5, 0.6) is 5.75 Å². The Morgan fingerprint density at radius 2 is 2.36 bits per heavy atom. The number of rotatable bonds is 4. The monoisotopic (exact) mass is 299 g/mol. The quantitative estimate of drug-likeness (QED) is 0.938. The fourth-order valence-corrected chi connectivity index (χ4v) is 2.95. The molecule has 0 spiro atoms. The lowest BCUT2D eigenvalue weighted by Crippen LogP contribution is -2.41. The highest BCUT2D eigenvalue weighted by Crippen LogP contribution is 2.16. The normalized spacial score (nSPS) is 16.9. The molecule has 1 unspecified atom stereocenters. The van der Waals surface area contributed by atoms with Crippen molar-refractivity contribution in [3.63, 3.8) is 0 Å². The van der Waals surface area contributed by atoms with Crippen molar-refractivity contribution in [2.75, 3.05) is 7.11 Å². The van der Waals surface area contributed by atoms with Gasteiger partial charge in [0.1, 0.15) is 11.6 Å². The van der Waals surface area contributed by atoms with Crippen LogP contribution < -0.4 is 10.1 Å². The van der Waals surface area contributed by atoms with Crippen molar-refractivity contribution in [1.82, 2.24) is 14.9 Å². The van der Waals surface area contributed by atoms with Crippen LogP contribution in [0.25, 0.3) is 0 Å². The van der Waals surface area contributed by atoms with Gasteiger partial charge in [-0.25, -0.2) is 4.98 Å². The van der Waals surface area contributed by atoms with Gasteiger partial charge < -0.3 is 14.6 Å². The first-order chi connectivity index (χ1) is 10.6. The Balaban J connectivity index is 1.58. The number of ether oxygens (including phenoxy) is 1. The second kappa shape index (κ2) is 6.22. The van der Waals surface area contributed by atoms with Gasteiger partial charge in [-0.05, 0) is 31.0 Å². The maximum atomic E-state index is 12.2. The number of hydrogen-bond donors (Lipinski definition) is 1. The molecule has 5 nitrogen and oxygen atoms in total. The van der Waals surface area contributed by atoms with Gasteiger partial charge in [0.05, 0.1) is 19.2 Å². The largest absolute Gasteiger partial charge is 0.497 e. The van der Waals surface area contributed by atoms with E-state index in [1.54, 1.807) is 7.11 Å². The predicted octanol–water partition coefficient (Wildman–Crippen LogP) is 1.87. The summed E-state index contributed by atoms with van der Waals surface area (Å²) in [5, 5.41) is 3.13. The fraction of sp³-hybridized carbons (Fsp3) is 0.412. The average molecular weight is 299 g/mol. The average Bonchev–Trinajstić information content (AvgIpc) is 2.86. The van der Waals surface area contributed by atoms with Crippen LogP contribution in [0.3, 0.4) is 0 Å². The molecule has 0 radical (unpaired) electrons. The zero-order chi connectivity index (χ0) is 15.5. The first-order valence-electron chi connectivity index (χ1n) is 7.59. The highest BCUT2D eigenvalue weighted by molar-refractivity contribution is 5.79. The van der Waals surface area contributed by atoms with Gasteiger partial charge in [0.2, 0.25) is 5.91 Å². The van der Waals surface area contributed by atoms with Crippen molar-refractivity contribution >= 4 is 5.91 Å². The van der Waals surface area contributed by atoms with Gasteiger partial charge in [0.15, 0.2) is 0 Å². The minimum absolute atomic E-state index is 0.0542. The van der Waals surface area contributed by atoms with Gasteiger partial charge in [0, 0.05) is 25.2 Å². The summed E-state index contributed by atoms with van der Waals surface area (Å²) in [7, 11) is 1.63. The summed E-state index contributed by atoms with van der Waals surface area (Å²) >= 11 is 0. The van der Waals surface area contributed by atoms with Crippen molar-refractivity contribution in [3.05, 3.63) is 47.5 Å². The summed E-state index contributed by atoms with van der Waals surface area (Å²) in [6.07, 6.45) is 4.29. The molecule has 3 rings (SSSR count). The van der Waals surface area contributed by atoms with Crippen LogP contribution in [0.1, 0.15) is 23.5 Å². The molecule has 1 aliphatic rings. The molecule has 1 aromatic heterocycles. The number of amides is 1. The van der Waals surface area contributed by atoms with Crippen LogP contribution in [-0.2, 0) is 24.2 Å². The third-order valence-electron chi connectivity index (χ3n) is 3.98. The number of hydrogen-bond acceptors (Lipinski definition) is 3. The minimum Gasteiger partial charge on any atom is -0.497 e. The van der Waals surface area contributed by atoms with Crippen molar-refractivity contribution in [2.45, 2.75) is 38.8 Å². The first kappa shape index (κ1) is 14.6. The van der Waals surface area contributed by atoms with E-state index >= 15 is 0 Å². The van der Waals surface area contributed by atoms with Gasteiger partial charge >= 0.3 is 0 Å². The second-order valence-corrected chi connectivity index (χ2v) is 5.78. The summed E-state index contributed by atoms with van der Waals surface area (Å²) in [4.78, 5) is 16.7. The molecule has 0 saturated heterocycles.